The normalized spacial score (nSPS) is 22.3. The average Bonchev–Trinajstić information content (AvgIpc) is 2.60. The number of rotatable bonds is 1. The van der Waals surface area contributed by atoms with Gasteiger partial charge in [0.2, 0.25) is 0 Å². The van der Waals surface area contributed by atoms with Crippen LogP contribution >= 0.6 is 0 Å². The molecule has 2 heterocycles. The molecule has 0 aromatic carbocycles. The molecule has 2 aliphatic rings. The van der Waals surface area contributed by atoms with Gasteiger partial charge in [0.25, 0.3) is 0 Å². The number of allylic oxidation sites excluding steroid dienone is 1. The van der Waals surface area contributed by atoms with Crippen molar-refractivity contribution < 1.29 is 25.8 Å². The summed E-state index contributed by atoms with van der Waals surface area (Å²) in [5, 5.41) is 4.09. The van der Waals surface area contributed by atoms with Crippen LogP contribution in [0.2, 0.25) is 0 Å². The molecule has 0 aromatic rings. The molecular weight excluding hydrogens is 181 g/mol. The fraction of sp³-hybridized carbons (Fsp3) is 0.222. The summed E-state index contributed by atoms with van der Waals surface area (Å²) < 4.78 is 0. The van der Waals surface area contributed by atoms with Crippen LogP contribution in [0.5, 0.6) is 0 Å². The van der Waals surface area contributed by atoms with Gasteiger partial charge in [0.15, 0.2) is 0 Å². The quantitative estimate of drug-likeness (QED) is 0.603. The van der Waals surface area contributed by atoms with Crippen LogP contribution in [0, 0.1) is 0 Å². The Morgan fingerprint density at radius 3 is 3.00 bits per heavy atom. The van der Waals surface area contributed by atoms with E-state index in [0.29, 0.717) is 0 Å². The maximum absolute atomic E-state index is 4.09. The van der Waals surface area contributed by atoms with E-state index in [9.17, 15) is 0 Å². The SMILES string of the molecule is C1=CC(=CC2=CC=NC2)C[N-]1.[Sc]. The first kappa shape index (κ1) is 9.65. The second kappa shape index (κ2) is 4.55. The summed E-state index contributed by atoms with van der Waals surface area (Å²) >= 11 is 0. The second-order valence-electron chi connectivity index (χ2n) is 2.61. The molecule has 0 N–H and O–H groups in total. The van der Waals surface area contributed by atoms with Crippen LogP contribution in [-0.2, 0) is 25.8 Å². The molecule has 59 valence electrons. The molecule has 2 nitrogen and oxygen atoms in total. The Bertz CT molecular complexity index is 274. The summed E-state index contributed by atoms with van der Waals surface area (Å²) in [6, 6.07) is 0. The second-order valence-corrected chi connectivity index (χ2v) is 2.61. The van der Waals surface area contributed by atoms with E-state index >= 15 is 0 Å². The van der Waals surface area contributed by atoms with Crippen LogP contribution in [-0.4, -0.2) is 19.3 Å². The summed E-state index contributed by atoms with van der Waals surface area (Å²) in [7, 11) is 0. The maximum Gasteiger partial charge on any atom is 0.0640 e. The van der Waals surface area contributed by atoms with Gasteiger partial charge >= 0.3 is 0 Å². The molecule has 0 saturated heterocycles. The molecule has 0 aromatic heterocycles. The van der Waals surface area contributed by atoms with Crippen molar-refractivity contribution in [1.29, 1.82) is 0 Å². The Hall–Kier alpha value is -0.440. The van der Waals surface area contributed by atoms with Gasteiger partial charge in [-0.05, 0) is 11.6 Å². The fourth-order valence-corrected chi connectivity index (χ4v) is 1.14. The van der Waals surface area contributed by atoms with Crippen molar-refractivity contribution in [1.82, 2.24) is 0 Å². The molecule has 0 aliphatic carbocycles. The summed E-state index contributed by atoms with van der Waals surface area (Å²) in [6.07, 6.45) is 9.93. The van der Waals surface area contributed by atoms with E-state index in [0.717, 1.165) is 13.1 Å². The van der Waals surface area contributed by atoms with E-state index in [4.69, 9.17) is 0 Å². The predicted octanol–water partition coefficient (Wildman–Crippen LogP) is 1.82. The molecule has 12 heavy (non-hydrogen) atoms. The number of hydrogen-bond donors (Lipinski definition) is 0. The van der Waals surface area contributed by atoms with Gasteiger partial charge in [-0.15, -0.1) is 6.54 Å². The van der Waals surface area contributed by atoms with Crippen molar-refractivity contribution in [2.45, 2.75) is 0 Å². The smallest absolute Gasteiger partial charge is 0.0640 e. The third-order valence-electron chi connectivity index (χ3n) is 1.71. The van der Waals surface area contributed by atoms with E-state index in [1.54, 1.807) is 0 Å². The molecule has 3 heteroatoms. The first-order valence-electron chi connectivity index (χ1n) is 3.68. The first-order chi connectivity index (χ1) is 5.45. The third kappa shape index (κ3) is 2.27. The molecule has 2 aliphatic heterocycles. The molecule has 1 radical (unpaired) electrons. The van der Waals surface area contributed by atoms with Crippen LogP contribution in [0.25, 0.3) is 5.32 Å². The van der Waals surface area contributed by atoms with Crippen molar-refractivity contribution >= 4 is 6.21 Å². The van der Waals surface area contributed by atoms with Crippen molar-refractivity contribution in [3.05, 3.63) is 40.9 Å². The van der Waals surface area contributed by atoms with Crippen molar-refractivity contribution in [3.63, 3.8) is 0 Å². The Balaban J connectivity index is 0.000000720. The van der Waals surface area contributed by atoms with E-state index in [1.165, 1.54) is 11.1 Å². The Labute approximate surface area is 90.9 Å². The topological polar surface area (TPSA) is 26.5 Å². The zero-order chi connectivity index (χ0) is 7.52. The molecular formula is C9H9N2Sc-. The van der Waals surface area contributed by atoms with Gasteiger partial charge in [0.1, 0.15) is 0 Å². The molecule has 0 unspecified atom stereocenters. The summed E-state index contributed by atoms with van der Waals surface area (Å²) in [5.74, 6) is 0. The van der Waals surface area contributed by atoms with Gasteiger partial charge in [-0.3, -0.25) is 4.99 Å². The standard InChI is InChI=1S/C9H9N2.Sc/c1-3-10-6-8(1)5-9-2-4-11-7-9;/h1-5H,6-7H2;/q-1;. The van der Waals surface area contributed by atoms with Gasteiger partial charge in [-0.25, -0.2) is 0 Å². The summed E-state index contributed by atoms with van der Waals surface area (Å²) in [4.78, 5) is 4.09. The van der Waals surface area contributed by atoms with Crippen molar-refractivity contribution in [2.24, 2.45) is 4.99 Å². The predicted molar refractivity (Wildman–Crippen MR) is 46.9 cm³/mol. The number of nitrogens with zero attached hydrogens (tertiary/aromatic N) is 2. The van der Waals surface area contributed by atoms with Crippen LogP contribution in [0.15, 0.2) is 40.6 Å². The molecule has 0 saturated carbocycles. The van der Waals surface area contributed by atoms with E-state index in [-0.39, 0.29) is 25.8 Å². The van der Waals surface area contributed by atoms with Crippen LogP contribution in [0.4, 0.5) is 0 Å². The van der Waals surface area contributed by atoms with E-state index < -0.39 is 0 Å². The minimum Gasteiger partial charge on any atom is -0.687 e. The van der Waals surface area contributed by atoms with Gasteiger partial charge in [-0.1, -0.05) is 17.7 Å². The van der Waals surface area contributed by atoms with Gasteiger partial charge in [-0.2, -0.15) is 6.20 Å². The average molecular weight is 190 g/mol. The Morgan fingerprint density at radius 1 is 1.50 bits per heavy atom. The minimum absolute atomic E-state index is 0. The fourth-order valence-electron chi connectivity index (χ4n) is 1.14. The van der Waals surface area contributed by atoms with Crippen molar-refractivity contribution in [3.8, 4) is 0 Å². The number of aliphatic imine (C=N–C) groups is 1. The van der Waals surface area contributed by atoms with E-state index in [1.807, 2.05) is 24.6 Å². The van der Waals surface area contributed by atoms with Gasteiger partial charge in [0, 0.05) is 32.1 Å². The van der Waals surface area contributed by atoms with Crippen LogP contribution in [0.3, 0.4) is 0 Å². The summed E-state index contributed by atoms with van der Waals surface area (Å²) in [6.45, 7) is 1.66. The molecule has 0 atom stereocenters. The number of hydrogen-bond acceptors (Lipinski definition) is 1. The van der Waals surface area contributed by atoms with Gasteiger partial charge in [0.05, 0.1) is 6.54 Å². The van der Waals surface area contributed by atoms with Crippen LogP contribution in [0.1, 0.15) is 0 Å². The first-order valence-corrected chi connectivity index (χ1v) is 3.68. The molecule has 0 spiro atoms. The largest absolute Gasteiger partial charge is 0.687 e. The zero-order valence-electron chi connectivity index (χ0n) is 6.77. The van der Waals surface area contributed by atoms with E-state index in [2.05, 4.69) is 16.4 Å². The zero-order valence-corrected chi connectivity index (χ0v) is 8.58. The minimum atomic E-state index is 0. The third-order valence-corrected chi connectivity index (χ3v) is 1.71. The molecule has 0 fully saturated rings. The van der Waals surface area contributed by atoms with Gasteiger partial charge < -0.3 is 5.32 Å². The van der Waals surface area contributed by atoms with Crippen LogP contribution < -0.4 is 0 Å². The summed E-state index contributed by atoms with van der Waals surface area (Å²) in [5.41, 5.74) is 2.56. The molecule has 2 rings (SSSR count). The Morgan fingerprint density at radius 2 is 2.42 bits per heavy atom. The maximum atomic E-state index is 4.09. The van der Waals surface area contributed by atoms with Crippen molar-refractivity contribution in [2.75, 3.05) is 13.1 Å². The Kier molecular flexibility index (Phi) is 3.66. The monoisotopic (exact) mass is 190 g/mol. The molecule has 0 amide bonds. The molecule has 0 bridgehead atoms.